The minimum absolute atomic E-state index is 0.177. The maximum Gasteiger partial charge on any atom is 0.250 e. The second kappa shape index (κ2) is 5.57. The molecule has 0 unspecified atom stereocenters. The summed E-state index contributed by atoms with van der Waals surface area (Å²) in [6.45, 7) is 5.28. The Morgan fingerprint density at radius 3 is 2.32 bits per heavy atom. The van der Waals surface area contributed by atoms with Crippen LogP contribution in [-0.4, -0.2) is 11.0 Å². The lowest BCUT2D eigenvalue weighted by molar-refractivity contribution is -0.112. The normalized spacial score (nSPS) is 17.8. The lowest BCUT2D eigenvalue weighted by Crippen LogP contribution is -2.28. The molecule has 1 fully saturated rings. The molecule has 1 aromatic rings. The van der Waals surface area contributed by atoms with Gasteiger partial charge >= 0.3 is 0 Å². The summed E-state index contributed by atoms with van der Waals surface area (Å²) in [5, 5.41) is 13.4. The van der Waals surface area contributed by atoms with Gasteiger partial charge in [-0.3, -0.25) is 4.79 Å². The molecule has 1 aliphatic carbocycles. The van der Waals surface area contributed by atoms with Crippen molar-refractivity contribution in [1.29, 1.82) is 0 Å². The third-order valence-corrected chi connectivity index (χ3v) is 3.75. The second-order valence-electron chi connectivity index (χ2n) is 5.40. The van der Waals surface area contributed by atoms with Gasteiger partial charge in [-0.2, -0.15) is 0 Å². The summed E-state index contributed by atoms with van der Waals surface area (Å²) < 4.78 is 0. The zero-order valence-electron chi connectivity index (χ0n) is 11.4. The molecule has 2 N–H and O–H groups in total. The number of amides is 1. The number of benzene rings is 1. The average molecular weight is 259 g/mol. The van der Waals surface area contributed by atoms with E-state index in [1.54, 1.807) is 6.92 Å². The zero-order chi connectivity index (χ0) is 13.9. The Morgan fingerprint density at radius 1 is 1.21 bits per heavy atom. The predicted molar refractivity (Wildman–Crippen MR) is 76.9 cm³/mol. The molecule has 0 heterocycles. The van der Waals surface area contributed by atoms with E-state index in [1.807, 2.05) is 24.3 Å². The van der Waals surface area contributed by atoms with Crippen LogP contribution in [0.5, 0.6) is 0 Å². The Bertz CT molecular complexity index is 470. The standard InChI is InChI=1S/C16H21NO2/c1-12(2)15(18)17-14-8-6-13(7-9-14)16(19)10-4-3-5-11-16/h6-9,19H,1,3-5,10-11H2,2H3,(H,17,18). The molecule has 0 aliphatic heterocycles. The molecule has 0 atom stereocenters. The molecule has 3 nitrogen and oxygen atoms in total. The highest BCUT2D eigenvalue weighted by molar-refractivity contribution is 6.02. The van der Waals surface area contributed by atoms with Crippen LogP contribution in [0.1, 0.15) is 44.6 Å². The fraction of sp³-hybridized carbons (Fsp3) is 0.438. The van der Waals surface area contributed by atoms with Crippen molar-refractivity contribution in [2.75, 3.05) is 5.32 Å². The van der Waals surface area contributed by atoms with E-state index in [0.29, 0.717) is 5.57 Å². The van der Waals surface area contributed by atoms with Gasteiger partial charge in [0.05, 0.1) is 5.60 Å². The van der Waals surface area contributed by atoms with Gasteiger partial charge in [0.15, 0.2) is 0 Å². The van der Waals surface area contributed by atoms with Gasteiger partial charge in [0, 0.05) is 11.3 Å². The molecule has 3 heteroatoms. The second-order valence-corrected chi connectivity index (χ2v) is 5.40. The van der Waals surface area contributed by atoms with Crippen molar-refractivity contribution in [1.82, 2.24) is 0 Å². The maximum atomic E-state index is 11.5. The first-order valence-corrected chi connectivity index (χ1v) is 6.81. The van der Waals surface area contributed by atoms with Crippen LogP contribution >= 0.6 is 0 Å². The first-order valence-electron chi connectivity index (χ1n) is 6.81. The molecule has 19 heavy (non-hydrogen) atoms. The number of rotatable bonds is 3. The van der Waals surface area contributed by atoms with Gasteiger partial charge in [0.2, 0.25) is 0 Å². The van der Waals surface area contributed by atoms with Crippen LogP contribution in [0.2, 0.25) is 0 Å². The van der Waals surface area contributed by atoms with Gasteiger partial charge in [-0.1, -0.05) is 38.0 Å². The first kappa shape index (κ1) is 13.8. The van der Waals surface area contributed by atoms with Crippen LogP contribution in [0.15, 0.2) is 36.4 Å². The van der Waals surface area contributed by atoms with E-state index >= 15 is 0 Å². The summed E-state index contributed by atoms with van der Waals surface area (Å²) in [4.78, 5) is 11.5. The van der Waals surface area contributed by atoms with E-state index in [0.717, 1.165) is 36.9 Å². The molecular weight excluding hydrogens is 238 g/mol. The van der Waals surface area contributed by atoms with Crippen LogP contribution in [0, 0.1) is 0 Å². The van der Waals surface area contributed by atoms with Crippen LogP contribution in [0.3, 0.4) is 0 Å². The molecule has 102 valence electrons. The van der Waals surface area contributed by atoms with E-state index in [1.165, 1.54) is 6.42 Å². The Balaban J connectivity index is 2.09. The number of nitrogens with one attached hydrogen (secondary N) is 1. The SMILES string of the molecule is C=C(C)C(=O)Nc1ccc(C2(O)CCCCC2)cc1. The molecule has 1 aromatic carbocycles. The van der Waals surface area contributed by atoms with E-state index in [2.05, 4.69) is 11.9 Å². The van der Waals surface area contributed by atoms with Crippen LogP contribution < -0.4 is 5.32 Å². The number of aliphatic hydroxyl groups is 1. The highest BCUT2D eigenvalue weighted by Gasteiger charge is 2.30. The lowest BCUT2D eigenvalue weighted by Gasteiger charge is -2.32. The molecule has 2 rings (SSSR count). The van der Waals surface area contributed by atoms with E-state index in [4.69, 9.17) is 0 Å². The zero-order valence-corrected chi connectivity index (χ0v) is 11.4. The molecule has 1 amide bonds. The molecular formula is C16H21NO2. The van der Waals surface area contributed by atoms with E-state index < -0.39 is 5.60 Å². The maximum absolute atomic E-state index is 11.5. The highest BCUT2D eigenvalue weighted by atomic mass is 16.3. The van der Waals surface area contributed by atoms with Crippen molar-refractivity contribution < 1.29 is 9.90 Å². The van der Waals surface area contributed by atoms with E-state index in [9.17, 15) is 9.90 Å². The summed E-state index contributed by atoms with van der Waals surface area (Å²) in [5.41, 5.74) is 1.47. The number of anilines is 1. The average Bonchev–Trinajstić information content (AvgIpc) is 2.40. The Hall–Kier alpha value is -1.61. The van der Waals surface area contributed by atoms with Crippen molar-refractivity contribution in [3.05, 3.63) is 42.0 Å². The highest BCUT2D eigenvalue weighted by Crippen LogP contribution is 2.37. The Morgan fingerprint density at radius 2 is 1.79 bits per heavy atom. The van der Waals surface area contributed by atoms with Gasteiger partial charge in [-0.15, -0.1) is 0 Å². The molecule has 1 saturated carbocycles. The van der Waals surface area contributed by atoms with Crippen molar-refractivity contribution in [2.24, 2.45) is 0 Å². The first-order chi connectivity index (χ1) is 9.01. The van der Waals surface area contributed by atoms with Crippen molar-refractivity contribution in [3.8, 4) is 0 Å². The van der Waals surface area contributed by atoms with E-state index in [-0.39, 0.29) is 5.91 Å². The summed E-state index contributed by atoms with van der Waals surface area (Å²) >= 11 is 0. The summed E-state index contributed by atoms with van der Waals surface area (Å²) in [5.74, 6) is -0.177. The monoisotopic (exact) mass is 259 g/mol. The largest absolute Gasteiger partial charge is 0.385 e. The number of carbonyl (C=O) groups is 1. The quantitative estimate of drug-likeness (QED) is 0.818. The smallest absolute Gasteiger partial charge is 0.250 e. The van der Waals surface area contributed by atoms with Crippen molar-refractivity contribution in [3.63, 3.8) is 0 Å². The third kappa shape index (κ3) is 3.24. The summed E-state index contributed by atoms with van der Waals surface area (Å²) in [6.07, 6.45) is 5.00. The molecule has 0 radical (unpaired) electrons. The predicted octanol–water partition coefficient (Wildman–Crippen LogP) is 3.35. The Kier molecular flexibility index (Phi) is 4.05. The molecule has 0 spiro atoms. The van der Waals surface area contributed by atoms with Gasteiger partial charge in [0.1, 0.15) is 0 Å². The van der Waals surface area contributed by atoms with Crippen molar-refractivity contribution >= 4 is 11.6 Å². The van der Waals surface area contributed by atoms with Crippen LogP contribution in [0.4, 0.5) is 5.69 Å². The molecule has 1 aliphatic rings. The van der Waals surface area contributed by atoms with Crippen molar-refractivity contribution in [2.45, 2.75) is 44.6 Å². The van der Waals surface area contributed by atoms with Gasteiger partial charge in [-0.25, -0.2) is 0 Å². The van der Waals surface area contributed by atoms with Gasteiger partial charge < -0.3 is 10.4 Å². The number of hydrogen-bond donors (Lipinski definition) is 2. The Labute approximate surface area is 114 Å². The van der Waals surface area contributed by atoms with Gasteiger partial charge in [-0.05, 0) is 37.5 Å². The van der Waals surface area contributed by atoms with Crippen LogP contribution in [-0.2, 0) is 10.4 Å². The minimum Gasteiger partial charge on any atom is -0.385 e. The summed E-state index contributed by atoms with van der Waals surface area (Å²) in [6, 6.07) is 7.48. The fourth-order valence-corrected chi connectivity index (χ4v) is 2.53. The third-order valence-electron chi connectivity index (χ3n) is 3.75. The van der Waals surface area contributed by atoms with Crippen LogP contribution in [0.25, 0.3) is 0 Å². The molecule has 0 saturated heterocycles. The summed E-state index contributed by atoms with van der Waals surface area (Å²) in [7, 11) is 0. The fourth-order valence-electron chi connectivity index (χ4n) is 2.53. The van der Waals surface area contributed by atoms with Gasteiger partial charge in [0.25, 0.3) is 5.91 Å². The number of hydrogen-bond acceptors (Lipinski definition) is 2. The topological polar surface area (TPSA) is 49.3 Å². The molecule has 0 aromatic heterocycles. The lowest BCUT2D eigenvalue weighted by atomic mass is 9.80. The number of carbonyl (C=O) groups excluding carboxylic acids is 1. The minimum atomic E-state index is -0.685. The molecule has 0 bridgehead atoms.